The molecule has 1 aromatic heterocycles. The van der Waals surface area contributed by atoms with Crippen molar-refractivity contribution >= 4 is 57.5 Å². The van der Waals surface area contributed by atoms with E-state index in [0.29, 0.717) is 33.8 Å². The zero-order valence-electron chi connectivity index (χ0n) is 17.0. The summed E-state index contributed by atoms with van der Waals surface area (Å²) in [5.74, 6) is 0.0526. The van der Waals surface area contributed by atoms with Crippen LogP contribution >= 0.6 is 23.1 Å². The van der Waals surface area contributed by atoms with Crippen LogP contribution in [0.3, 0.4) is 0 Å². The maximum absolute atomic E-state index is 11.7. The fourth-order valence-corrected chi connectivity index (χ4v) is 3.87. The molecule has 9 nitrogen and oxygen atoms in total. The molecule has 2 rings (SSSR count). The van der Waals surface area contributed by atoms with E-state index in [9.17, 15) is 9.59 Å². The topological polar surface area (TPSA) is 104 Å². The van der Waals surface area contributed by atoms with Crippen LogP contribution in [-0.2, 0) is 9.59 Å². The van der Waals surface area contributed by atoms with E-state index < -0.39 is 0 Å². The Morgan fingerprint density at radius 3 is 2.90 bits per heavy atom. The van der Waals surface area contributed by atoms with Gasteiger partial charge in [-0.05, 0) is 43.3 Å². The molecule has 158 valence electrons. The Kier molecular flexibility index (Phi) is 9.37. The van der Waals surface area contributed by atoms with Crippen molar-refractivity contribution in [3.63, 3.8) is 0 Å². The fourth-order valence-electron chi connectivity index (χ4n) is 2.58. The quantitative estimate of drug-likeness (QED) is 0.224. The number of aldehydes is 1. The number of nitrogens with one attached hydrogen (secondary N) is 1. The number of hydrogen-bond donors (Lipinski definition) is 1. The monoisotopic (exact) mass is 445 g/mol. The Labute approximate surface area is 183 Å². The summed E-state index contributed by atoms with van der Waals surface area (Å²) in [4.78, 5) is 28.0. The summed E-state index contributed by atoms with van der Waals surface area (Å²) in [6.07, 6.45) is 2.24. The third-order valence-electron chi connectivity index (χ3n) is 4.12. The van der Waals surface area contributed by atoms with E-state index >= 15 is 0 Å². The maximum Gasteiger partial charge on any atom is 0.266 e. The number of azo groups is 1. The largest absolute Gasteiger partial charge is 0.368 e. The van der Waals surface area contributed by atoms with E-state index in [-0.39, 0.29) is 17.8 Å². The summed E-state index contributed by atoms with van der Waals surface area (Å²) in [7, 11) is 0. The molecule has 1 N–H and O–H groups in total. The van der Waals surface area contributed by atoms with Gasteiger partial charge in [-0.3, -0.25) is 4.79 Å². The van der Waals surface area contributed by atoms with E-state index in [1.54, 1.807) is 6.07 Å². The molecule has 1 unspecified atom stereocenters. The van der Waals surface area contributed by atoms with Crippen molar-refractivity contribution in [2.24, 2.45) is 10.2 Å². The molecule has 0 fully saturated rings. The first kappa shape index (κ1) is 23.4. The number of carbonyl (C=O) groups is 2. The Hall–Kier alpha value is -2.84. The summed E-state index contributed by atoms with van der Waals surface area (Å²) < 4.78 is 0.650. The van der Waals surface area contributed by atoms with Gasteiger partial charge in [0.1, 0.15) is 12.0 Å². The van der Waals surface area contributed by atoms with Gasteiger partial charge < -0.3 is 19.9 Å². The van der Waals surface area contributed by atoms with Crippen LogP contribution in [0.5, 0.6) is 0 Å². The lowest BCUT2D eigenvalue weighted by Gasteiger charge is -2.30. The number of aromatic nitrogens is 2. The average Bonchev–Trinajstić information content (AvgIpc) is 3.19. The van der Waals surface area contributed by atoms with Gasteiger partial charge in [0, 0.05) is 31.6 Å². The highest BCUT2D eigenvalue weighted by Gasteiger charge is 2.15. The maximum atomic E-state index is 11.7. The Morgan fingerprint density at radius 2 is 2.23 bits per heavy atom. The number of rotatable bonds is 11. The molecule has 30 heavy (non-hydrogen) atoms. The number of nitrogens with zero attached hydrogens (tertiary/aromatic N) is 6. The third kappa shape index (κ3) is 6.89. The normalized spacial score (nSPS) is 11.8. The molecular formula is C19H23N7O2S2. The van der Waals surface area contributed by atoms with Crippen LogP contribution in [0.25, 0.3) is 4.85 Å². The Bertz CT molecular complexity index is 939. The molecule has 1 amide bonds. The molecule has 1 heterocycles. The zero-order chi connectivity index (χ0) is 21.9. The molecule has 2 aromatic rings. The number of anilines is 2. The van der Waals surface area contributed by atoms with Crippen LogP contribution in [0, 0.1) is 6.57 Å². The minimum Gasteiger partial charge on any atom is -0.368 e. The van der Waals surface area contributed by atoms with Gasteiger partial charge in [0.2, 0.25) is 5.91 Å². The van der Waals surface area contributed by atoms with Gasteiger partial charge in [0.25, 0.3) is 11.0 Å². The van der Waals surface area contributed by atoms with Crippen molar-refractivity contribution in [2.45, 2.75) is 44.0 Å². The first-order valence-corrected chi connectivity index (χ1v) is 11.1. The van der Waals surface area contributed by atoms with Gasteiger partial charge >= 0.3 is 0 Å². The van der Waals surface area contributed by atoms with E-state index in [0.717, 1.165) is 18.4 Å². The first-order valence-electron chi connectivity index (χ1n) is 9.31. The molecule has 0 radical (unpaired) electrons. The van der Waals surface area contributed by atoms with E-state index in [4.69, 9.17) is 6.57 Å². The van der Waals surface area contributed by atoms with Gasteiger partial charge in [0.05, 0.1) is 5.69 Å². The second-order valence-corrected chi connectivity index (χ2v) is 8.42. The Balaban J connectivity index is 2.30. The summed E-state index contributed by atoms with van der Waals surface area (Å²) in [6.45, 7) is 13.0. The smallest absolute Gasteiger partial charge is 0.266 e. The minimum absolute atomic E-state index is 0.222. The average molecular weight is 446 g/mol. The second kappa shape index (κ2) is 12.0. The van der Waals surface area contributed by atoms with Crippen molar-refractivity contribution in [3.05, 3.63) is 29.6 Å². The predicted molar refractivity (Wildman–Crippen MR) is 120 cm³/mol. The molecule has 0 aliphatic rings. The number of amides is 1. The van der Waals surface area contributed by atoms with Gasteiger partial charge in [-0.1, -0.05) is 18.3 Å². The molecule has 0 aliphatic heterocycles. The first-order chi connectivity index (χ1) is 14.5. The number of carbonyl (C=O) groups excluding carboxylic acids is 2. The lowest BCUT2D eigenvalue weighted by molar-refractivity contribution is -0.114. The van der Waals surface area contributed by atoms with Crippen LogP contribution in [0.2, 0.25) is 0 Å². The second-order valence-electron chi connectivity index (χ2n) is 6.27. The molecule has 0 aliphatic carbocycles. The standard InChI is InChI=1S/C19H23N7O2S2/c1-5-13(2)26(9-6-10-27)15-7-8-16(17(11-15)21-14(3)28)22-23-18-24-25-19(30-18)29-12-20-4/h7-8,10-11,13H,5-6,9,12H2,1-3H3,(H,21,28). The van der Waals surface area contributed by atoms with E-state index in [1.807, 2.05) is 12.1 Å². The molecule has 0 saturated carbocycles. The number of benzene rings is 1. The van der Waals surface area contributed by atoms with Crippen LogP contribution in [0.1, 0.15) is 33.6 Å². The highest BCUT2D eigenvalue weighted by atomic mass is 32.2. The van der Waals surface area contributed by atoms with Gasteiger partial charge in [-0.15, -0.1) is 20.4 Å². The van der Waals surface area contributed by atoms with Crippen LogP contribution in [0.4, 0.5) is 22.2 Å². The molecular weight excluding hydrogens is 422 g/mol. The van der Waals surface area contributed by atoms with Crippen molar-refractivity contribution in [3.8, 4) is 0 Å². The van der Waals surface area contributed by atoms with E-state index in [1.165, 1.54) is 30.0 Å². The predicted octanol–water partition coefficient (Wildman–Crippen LogP) is 5.07. The molecule has 1 aromatic carbocycles. The molecule has 0 saturated heterocycles. The summed E-state index contributed by atoms with van der Waals surface area (Å²) >= 11 is 2.54. The zero-order valence-corrected chi connectivity index (χ0v) is 18.7. The number of hydrogen-bond acceptors (Lipinski definition) is 9. The highest BCUT2D eigenvalue weighted by Crippen LogP contribution is 2.34. The molecule has 0 spiro atoms. The van der Waals surface area contributed by atoms with Crippen LogP contribution < -0.4 is 10.2 Å². The van der Waals surface area contributed by atoms with Crippen molar-refractivity contribution in [1.82, 2.24) is 10.2 Å². The lowest BCUT2D eigenvalue weighted by Crippen LogP contribution is -2.33. The van der Waals surface area contributed by atoms with Crippen molar-refractivity contribution in [2.75, 3.05) is 22.6 Å². The van der Waals surface area contributed by atoms with Gasteiger partial charge in [-0.25, -0.2) is 6.57 Å². The van der Waals surface area contributed by atoms with Gasteiger partial charge in [0.15, 0.2) is 4.34 Å². The highest BCUT2D eigenvalue weighted by molar-refractivity contribution is 8.01. The van der Waals surface area contributed by atoms with Gasteiger partial charge in [-0.2, -0.15) is 0 Å². The SMILES string of the molecule is [C-]#[N+]CSc1nnc(N=Nc2ccc(N(CCC=O)C(C)CC)cc2NC(C)=O)s1. The number of thioether (sulfide) groups is 1. The van der Waals surface area contributed by atoms with Crippen molar-refractivity contribution in [1.29, 1.82) is 0 Å². The fraction of sp³-hybridized carbons (Fsp3) is 0.421. The molecule has 11 heteroatoms. The van der Waals surface area contributed by atoms with Crippen molar-refractivity contribution < 1.29 is 9.59 Å². The lowest BCUT2D eigenvalue weighted by atomic mass is 10.1. The van der Waals surface area contributed by atoms with E-state index in [2.05, 4.69) is 49.3 Å². The summed E-state index contributed by atoms with van der Waals surface area (Å²) in [5, 5.41) is 19.4. The minimum atomic E-state index is -0.222. The summed E-state index contributed by atoms with van der Waals surface area (Å²) in [5.41, 5.74) is 1.90. The van der Waals surface area contributed by atoms with Crippen LogP contribution in [0.15, 0.2) is 32.8 Å². The van der Waals surface area contributed by atoms with Crippen LogP contribution in [-0.4, -0.2) is 40.9 Å². The molecule has 0 bridgehead atoms. The summed E-state index contributed by atoms with van der Waals surface area (Å²) in [6, 6.07) is 5.74. The molecule has 1 atom stereocenters. The Morgan fingerprint density at radius 1 is 1.43 bits per heavy atom. The third-order valence-corrected chi connectivity index (χ3v) is 5.92.